The molecule has 0 saturated heterocycles. The minimum absolute atomic E-state index is 0.0663. The van der Waals surface area contributed by atoms with E-state index in [2.05, 4.69) is 0 Å². The van der Waals surface area contributed by atoms with Crippen LogP contribution in [0.5, 0.6) is 0 Å². The van der Waals surface area contributed by atoms with Crippen molar-refractivity contribution in [3.05, 3.63) is 60.2 Å². The first-order valence-electron chi connectivity index (χ1n) is 6.86. The maximum absolute atomic E-state index is 12.7. The average molecular weight is 268 g/mol. The SMILES string of the molecule is CCN(C(=O)C(C)c1ccccc1)c1ccccc1N. The fourth-order valence-corrected chi connectivity index (χ4v) is 2.30. The monoisotopic (exact) mass is 268 g/mol. The molecule has 0 heterocycles. The highest BCUT2D eigenvalue weighted by Gasteiger charge is 2.23. The Bertz CT molecular complexity index is 581. The molecule has 2 N–H and O–H groups in total. The molecule has 2 aromatic rings. The molecular formula is C17H20N2O. The number of nitrogens with two attached hydrogens (primary N) is 1. The Hall–Kier alpha value is -2.29. The minimum Gasteiger partial charge on any atom is -0.397 e. The second kappa shape index (κ2) is 6.24. The van der Waals surface area contributed by atoms with Gasteiger partial charge in [0.05, 0.1) is 17.3 Å². The van der Waals surface area contributed by atoms with Crippen molar-refractivity contribution < 1.29 is 4.79 Å². The highest BCUT2D eigenvalue weighted by atomic mass is 16.2. The molecule has 0 radical (unpaired) electrons. The zero-order valence-corrected chi connectivity index (χ0v) is 11.9. The van der Waals surface area contributed by atoms with Crippen molar-refractivity contribution in [3.63, 3.8) is 0 Å². The fraction of sp³-hybridized carbons (Fsp3) is 0.235. The molecule has 0 spiro atoms. The molecule has 0 bridgehead atoms. The molecule has 0 fully saturated rings. The van der Waals surface area contributed by atoms with Crippen LogP contribution in [0.3, 0.4) is 0 Å². The standard InChI is InChI=1S/C17H20N2O/c1-3-19(16-12-8-7-11-15(16)18)17(20)13(2)14-9-5-4-6-10-14/h4-13H,3,18H2,1-2H3. The summed E-state index contributed by atoms with van der Waals surface area (Å²) < 4.78 is 0. The predicted octanol–water partition coefficient (Wildman–Crippen LogP) is 3.43. The van der Waals surface area contributed by atoms with Gasteiger partial charge in [0.15, 0.2) is 0 Å². The van der Waals surface area contributed by atoms with E-state index in [0.29, 0.717) is 12.2 Å². The van der Waals surface area contributed by atoms with Gasteiger partial charge >= 0.3 is 0 Å². The number of amides is 1. The van der Waals surface area contributed by atoms with E-state index >= 15 is 0 Å². The second-order valence-corrected chi connectivity index (χ2v) is 4.77. The number of likely N-dealkylation sites (N-methyl/N-ethyl adjacent to an activating group) is 1. The number of hydrogen-bond acceptors (Lipinski definition) is 2. The Kier molecular flexibility index (Phi) is 4.41. The summed E-state index contributed by atoms with van der Waals surface area (Å²) in [5, 5.41) is 0. The van der Waals surface area contributed by atoms with Crippen LogP contribution in [0.15, 0.2) is 54.6 Å². The molecule has 1 atom stereocenters. The lowest BCUT2D eigenvalue weighted by Crippen LogP contribution is -2.34. The molecule has 1 unspecified atom stereocenters. The maximum atomic E-state index is 12.7. The van der Waals surface area contributed by atoms with Gasteiger partial charge in [0.25, 0.3) is 0 Å². The van der Waals surface area contributed by atoms with Crippen LogP contribution in [-0.2, 0) is 4.79 Å². The summed E-state index contributed by atoms with van der Waals surface area (Å²) >= 11 is 0. The Morgan fingerprint density at radius 2 is 1.70 bits per heavy atom. The quantitative estimate of drug-likeness (QED) is 0.864. The number of carbonyl (C=O) groups is 1. The summed E-state index contributed by atoms with van der Waals surface area (Å²) in [6, 6.07) is 17.3. The molecule has 2 rings (SSSR count). The van der Waals surface area contributed by atoms with Crippen LogP contribution in [-0.4, -0.2) is 12.5 Å². The molecule has 3 heteroatoms. The number of nitrogens with zero attached hydrogens (tertiary/aromatic N) is 1. The van der Waals surface area contributed by atoms with E-state index in [1.165, 1.54) is 0 Å². The van der Waals surface area contributed by atoms with Crippen LogP contribution in [0, 0.1) is 0 Å². The molecule has 0 aromatic heterocycles. The summed E-state index contributed by atoms with van der Waals surface area (Å²) in [5.41, 5.74) is 8.41. The number of benzene rings is 2. The molecule has 104 valence electrons. The van der Waals surface area contributed by atoms with Gasteiger partial charge in [-0.2, -0.15) is 0 Å². The van der Waals surface area contributed by atoms with E-state index in [-0.39, 0.29) is 11.8 Å². The molecule has 0 aliphatic carbocycles. The molecule has 20 heavy (non-hydrogen) atoms. The van der Waals surface area contributed by atoms with Crippen LogP contribution >= 0.6 is 0 Å². The van der Waals surface area contributed by atoms with Crippen LogP contribution in [0.2, 0.25) is 0 Å². The fourth-order valence-electron chi connectivity index (χ4n) is 2.30. The van der Waals surface area contributed by atoms with Gasteiger partial charge in [-0.1, -0.05) is 42.5 Å². The van der Waals surface area contributed by atoms with Crippen LogP contribution in [0.4, 0.5) is 11.4 Å². The largest absolute Gasteiger partial charge is 0.397 e. The Morgan fingerprint density at radius 3 is 2.30 bits per heavy atom. The molecular weight excluding hydrogens is 248 g/mol. The van der Waals surface area contributed by atoms with E-state index in [1.807, 2.05) is 68.4 Å². The van der Waals surface area contributed by atoms with Crippen molar-refractivity contribution in [2.45, 2.75) is 19.8 Å². The van der Waals surface area contributed by atoms with E-state index in [9.17, 15) is 4.79 Å². The third-order valence-corrected chi connectivity index (χ3v) is 3.48. The predicted molar refractivity (Wildman–Crippen MR) is 83.7 cm³/mol. The Balaban J connectivity index is 2.29. The molecule has 2 aromatic carbocycles. The van der Waals surface area contributed by atoms with Gasteiger partial charge in [-0.15, -0.1) is 0 Å². The third-order valence-electron chi connectivity index (χ3n) is 3.48. The van der Waals surface area contributed by atoms with Crippen molar-refractivity contribution >= 4 is 17.3 Å². The molecule has 0 aliphatic rings. The lowest BCUT2D eigenvalue weighted by atomic mass is 9.99. The van der Waals surface area contributed by atoms with Crippen molar-refractivity contribution in [2.24, 2.45) is 0 Å². The molecule has 1 amide bonds. The van der Waals surface area contributed by atoms with Gasteiger partial charge in [0.2, 0.25) is 5.91 Å². The molecule has 0 aliphatic heterocycles. The third kappa shape index (κ3) is 2.82. The Labute approximate surface area is 120 Å². The highest BCUT2D eigenvalue weighted by molar-refractivity contribution is 6.00. The molecule has 0 saturated carbocycles. The topological polar surface area (TPSA) is 46.3 Å². The Morgan fingerprint density at radius 1 is 1.10 bits per heavy atom. The first-order chi connectivity index (χ1) is 9.65. The van der Waals surface area contributed by atoms with Gasteiger partial charge in [0, 0.05) is 6.54 Å². The first kappa shape index (κ1) is 14.1. The van der Waals surface area contributed by atoms with Gasteiger partial charge in [-0.25, -0.2) is 0 Å². The second-order valence-electron chi connectivity index (χ2n) is 4.77. The van der Waals surface area contributed by atoms with Gasteiger partial charge in [-0.3, -0.25) is 4.79 Å². The molecule has 3 nitrogen and oxygen atoms in total. The van der Waals surface area contributed by atoms with Gasteiger partial charge < -0.3 is 10.6 Å². The lowest BCUT2D eigenvalue weighted by Gasteiger charge is -2.26. The number of rotatable bonds is 4. The van der Waals surface area contributed by atoms with Crippen molar-refractivity contribution in [2.75, 3.05) is 17.2 Å². The van der Waals surface area contributed by atoms with Crippen LogP contribution in [0.1, 0.15) is 25.3 Å². The van der Waals surface area contributed by atoms with E-state index in [1.54, 1.807) is 4.90 Å². The maximum Gasteiger partial charge on any atom is 0.234 e. The van der Waals surface area contributed by atoms with Gasteiger partial charge in [0.1, 0.15) is 0 Å². The average Bonchev–Trinajstić information content (AvgIpc) is 2.50. The minimum atomic E-state index is -0.184. The number of anilines is 2. The van der Waals surface area contributed by atoms with E-state index in [0.717, 1.165) is 11.3 Å². The smallest absolute Gasteiger partial charge is 0.234 e. The van der Waals surface area contributed by atoms with Crippen LogP contribution < -0.4 is 10.6 Å². The summed E-state index contributed by atoms with van der Waals surface area (Å²) in [6.07, 6.45) is 0. The summed E-state index contributed by atoms with van der Waals surface area (Å²) in [6.45, 7) is 4.49. The summed E-state index contributed by atoms with van der Waals surface area (Å²) in [7, 11) is 0. The first-order valence-corrected chi connectivity index (χ1v) is 6.86. The zero-order chi connectivity index (χ0) is 14.5. The number of hydrogen-bond donors (Lipinski definition) is 1. The summed E-state index contributed by atoms with van der Waals surface area (Å²) in [5.74, 6) is -0.118. The van der Waals surface area contributed by atoms with E-state index in [4.69, 9.17) is 5.73 Å². The van der Waals surface area contributed by atoms with E-state index < -0.39 is 0 Å². The van der Waals surface area contributed by atoms with Crippen molar-refractivity contribution in [3.8, 4) is 0 Å². The van der Waals surface area contributed by atoms with Crippen LogP contribution in [0.25, 0.3) is 0 Å². The van der Waals surface area contributed by atoms with Gasteiger partial charge in [-0.05, 0) is 31.5 Å². The number of carbonyl (C=O) groups excluding carboxylic acids is 1. The van der Waals surface area contributed by atoms with Crippen molar-refractivity contribution in [1.29, 1.82) is 0 Å². The number of nitrogen functional groups attached to an aromatic ring is 1. The normalized spacial score (nSPS) is 11.9. The lowest BCUT2D eigenvalue weighted by molar-refractivity contribution is -0.119. The summed E-state index contributed by atoms with van der Waals surface area (Å²) in [4.78, 5) is 14.4. The van der Waals surface area contributed by atoms with Crippen molar-refractivity contribution in [1.82, 2.24) is 0 Å². The number of para-hydroxylation sites is 2. The zero-order valence-electron chi connectivity index (χ0n) is 11.9. The highest BCUT2D eigenvalue weighted by Crippen LogP contribution is 2.26.